The van der Waals surface area contributed by atoms with Crippen molar-refractivity contribution in [3.05, 3.63) is 23.8 Å². The summed E-state index contributed by atoms with van der Waals surface area (Å²) in [5.41, 5.74) is 8.79. The Labute approximate surface area is 98.0 Å². The van der Waals surface area contributed by atoms with E-state index in [1.165, 1.54) is 5.56 Å². The van der Waals surface area contributed by atoms with E-state index >= 15 is 0 Å². The molecule has 3 N–H and O–H groups in total. The topological polar surface area (TPSA) is 47.3 Å². The zero-order chi connectivity index (χ0) is 12.0. The van der Waals surface area contributed by atoms with Crippen molar-refractivity contribution in [2.24, 2.45) is 5.92 Å². The molecule has 0 heterocycles. The second-order valence-corrected chi connectivity index (χ2v) is 4.47. The molecule has 0 bridgehead atoms. The molecule has 3 heteroatoms. The molecule has 0 aliphatic carbocycles. The summed E-state index contributed by atoms with van der Waals surface area (Å²) in [6, 6.07) is 5.88. The van der Waals surface area contributed by atoms with Crippen LogP contribution in [-0.4, -0.2) is 19.8 Å². The molecule has 3 nitrogen and oxygen atoms in total. The van der Waals surface area contributed by atoms with Crippen LogP contribution in [0.1, 0.15) is 19.4 Å². The number of aryl methyl sites for hydroxylation is 1. The van der Waals surface area contributed by atoms with Crippen LogP contribution in [0, 0.1) is 12.8 Å². The Balaban J connectivity index is 2.27. The van der Waals surface area contributed by atoms with E-state index in [0.29, 0.717) is 5.92 Å². The molecule has 0 amide bonds. The highest BCUT2D eigenvalue weighted by Crippen LogP contribution is 2.17. The average molecular weight is 222 g/mol. The highest BCUT2D eigenvalue weighted by molar-refractivity contribution is 5.57. The first-order valence-electron chi connectivity index (χ1n) is 5.77. The number of nitrogen functional groups attached to an aromatic ring is 1. The van der Waals surface area contributed by atoms with Crippen molar-refractivity contribution >= 4 is 11.4 Å². The maximum Gasteiger partial charge on any atom is 0.0639 e. The minimum Gasteiger partial charge on any atom is -0.399 e. The van der Waals surface area contributed by atoms with Gasteiger partial charge in [-0.1, -0.05) is 13.8 Å². The normalized spacial score (nSPS) is 10.8. The van der Waals surface area contributed by atoms with Crippen molar-refractivity contribution in [2.75, 3.05) is 30.8 Å². The van der Waals surface area contributed by atoms with Crippen molar-refractivity contribution in [3.8, 4) is 0 Å². The molecule has 0 atom stereocenters. The van der Waals surface area contributed by atoms with E-state index in [2.05, 4.69) is 19.2 Å². The van der Waals surface area contributed by atoms with E-state index in [9.17, 15) is 0 Å². The molecule has 0 radical (unpaired) electrons. The van der Waals surface area contributed by atoms with Crippen LogP contribution in [0.5, 0.6) is 0 Å². The average Bonchev–Trinajstić information content (AvgIpc) is 2.20. The van der Waals surface area contributed by atoms with Gasteiger partial charge in [0.1, 0.15) is 0 Å². The van der Waals surface area contributed by atoms with Crippen LogP contribution in [0.25, 0.3) is 0 Å². The third-order valence-corrected chi connectivity index (χ3v) is 2.26. The fourth-order valence-corrected chi connectivity index (χ4v) is 1.46. The fourth-order valence-electron chi connectivity index (χ4n) is 1.46. The zero-order valence-electron chi connectivity index (χ0n) is 10.4. The second-order valence-electron chi connectivity index (χ2n) is 4.47. The summed E-state index contributed by atoms with van der Waals surface area (Å²) in [5, 5.41) is 3.33. The molecule has 0 saturated carbocycles. The first-order valence-corrected chi connectivity index (χ1v) is 5.77. The third kappa shape index (κ3) is 4.53. The fraction of sp³-hybridized carbons (Fsp3) is 0.538. The monoisotopic (exact) mass is 222 g/mol. The summed E-state index contributed by atoms with van der Waals surface area (Å²) in [6.45, 7) is 8.74. The summed E-state index contributed by atoms with van der Waals surface area (Å²) in [7, 11) is 0. The number of ether oxygens (including phenoxy) is 1. The number of nitrogens with one attached hydrogen (secondary N) is 1. The highest BCUT2D eigenvalue weighted by atomic mass is 16.5. The molecule has 1 aromatic carbocycles. The van der Waals surface area contributed by atoms with E-state index in [1.807, 2.05) is 25.1 Å². The number of benzene rings is 1. The van der Waals surface area contributed by atoms with Crippen LogP contribution in [0.4, 0.5) is 11.4 Å². The van der Waals surface area contributed by atoms with Crippen LogP contribution in [-0.2, 0) is 4.74 Å². The number of hydrogen-bond donors (Lipinski definition) is 2. The highest BCUT2D eigenvalue weighted by Gasteiger charge is 1.98. The van der Waals surface area contributed by atoms with E-state index < -0.39 is 0 Å². The Morgan fingerprint density at radius 1 is 1.38 bits per heavy atom. The SMILES string of the molecule is Cc1cc(N)ccc1NCCOCC(C)C. The van der Waals surface area contributed by atoms with Gasteiger partial charge in [-0.2, -0.15) is 0 Å². The molecule has 0 aliphatic rings. The molecule has 0 saturated heterocycles. The molecule has 90 valence electrons. The molecular formula is C13H22N2O. The van der Waals surface area contributed by atoms with Crippen molar-refractivity contribution in [1.29, 1.82) is 0 Å². The standard InChI is InChI=1S/C13H22N2O/c1-10(2)9-16-7-6-15-13-5-4-12(14)8-11(13)3/h4-5,8,10,15H,6-7,9,14H2,1-3H3. The molecule has 0 aromatic heterocycles. The van der Waals surface area contributed by atoms with Crippen molar-refractivity contribution in [1.82, 2.24) is 0 Å². The van der Waals surface area contributed by atoms with Crippen molar-refractivity contribution in [2.45, 2.75) is 20.8 Å². The van der Waals surface area contributed by atoms with E-state index in [1.54, 1.807) is 0 Å². The third-order valence-electron chi connectivity index (χ3n) is 2.26. The van der Waals surface area contributed by atoms with E-state index in [-0.39, 0.29) is 0 Å². The van der Waals surface area contributed by atoms with Crippen LogP contribution in [0.2, 0.25) is 0 Å². The van der Waals surface area contributed by atoms with Gasteiger partial charge in [0, 0.05) is 24.5 Å². The van der Waals surface area contributed by atoms with E-state index in [0.717, 1.165) is 31.1 Å². The molecular weight excluding hydrogens is 200 g/mol. The van der Waals surface area contributed by atoms with Crippen LogP contribution < -0.4 is 11.1 Å². The largest absolute Gasteiger partial charge is 0.399 e. The molecule has 0 fully saturated rings. The first-order chi connectivity index (χ1) is 7.59. The predicted octanol–water partition coefficient (Wildman–Crippen LogP) is 2.66. The van der Waals surface area contributed by atoms with Gasteiger partial charge in [0.25, 0.3) is 0 Å². The van der Waals surface area contributed by atoms with Crippen molar-refractivity contribution < 1.29 is 4.74 Å². The van der Waals surface area contributed by atoms with Crippen LogP contribution in [0.15, 0.2) is 18.2 Å². The number of nitrogens with two attached hydrogens (primary N) is 1. The Morgan fingerprint density at radius 2 is 2.12 bits per heavy atom. The second kappa shape index (κ2) is 6.38. The quantitative estimate of drug-likeness (QED) is 0.574. The van der Waals surface area contributed by atoms with Gasteiger partial charge in [0.2, 0.25) is 0 Å². The minimum absolute atomic E-state index is 0.596. The lowest BCUT2D eigenvalue weighted by molar-refractivity contribution is 0.118. The minimum atomic E-state index is 0.596. The van der Waals surface area contributed by atoms with Gasteiger partial charge in [0.15, 0.2) is 0 Å². The summed E-state index contributed by atoms with van der Waals surface area (Å²) in [6.07, 6.45) is 0. The van der Waals surface area contributed by atoms with Gasteiger partial charge in [0.05, 0.1) is 6.61 Å². The molecule has 16 heavy (non-hydrogen) atoms. The van der Waals surface area contributed by atoms with Gasteiger partial charge < -0.3 is 15.8 Å². The first kappa shape index (κ1) is 12.8. The number of hydrogen-bond acceptors (Lipinski definition) is 3. The predicted molar refractivity (Wildman–Crippen MR) is 69.7 cm³/mol. The summed E-state index contributed by atoms with van der Waals surface area (Å²) in [5.74, 6) is 0.596. The van der Waals surface area contributed by atoms with Gasteiger partial charge in [-0.3, -0.25) is 0 Å². The maximum absolute atomic E-state index is 5.68. The maximum atomic E-state index is 5.68. The van der Waals surface area contributed by atoms with Crippen LogP contribution in [0.3, 0.4) is 0 Å². The van der Waals surface area contributed by atoms with Gasteiger partial charge in [-0.25, -0.2) is 0 Å². The molecule has 1 rings (SSSR count). The molecule has 1 aromatic rings. The Kier molecular flexibility index (Phi) is 5.12. The van der Waals surface area contributed by atoms with Gasteiger partial charge >= 0.3 is 0 Å². The Hall–Kier alpha value is -1.22. The van der Waals surface area contributed by atoms with Crippen LogP contribution >= 0.6 is 0 Å². The number of rotatable bonds is 6. The lowest BCUT2D eigenvalue weighted by Gasteiger charge is -2.11. The summed E-state index contributed by atoms with van der Waals surface area (Å²) >= 11 is 0. The smallest absolute Gasteiger partial charge is 0.0639 e. The summed E-state index contributed by atoms with van der Waals surface area (Å²) < 4.78 is 5.49. The van der Waals surface area contributed by atoms with Gasteiger partial charge in [-0.05, 0) is 36.6 Å². The Morgan fingerprint density at radius 3 is 2.75 bits per heavy atom. The molecule has 0 spiro atoms. The zero-order valence-corrected chi connectivity index (χ0v) is 10.4. The lowest BCUT2D eigenvalue weighted by Crippen LogP contribution is -2.12. The van der Waals surface area contributed by atoms with Crippen molar-refractivity contribution in [3.63, 3.8) is 0 Å². The van der Waals surface area contributed by atoms with Gasteiger partial charge in [-0.15, -0.1) is 0 Å². The lowest BCUT2D eigenvalue weighted by atomic mass is 10.2. The Bertz CT molecular complexity index is 324. The molecule has 0 aliphatic heterocycles. The van der Waals surface area contributed by atoms with E-state index in [4.69, 9.17) is 10.5 Å². The molecule has 0 unspecified atom stereocenters. The number of anilines is 2. The summed E-state index contributed by atoms with van der Waals surface area (Å²) in [4.78, 5) is 0.